The number of carbonyl (C=O) groups is 3. The number of anilines is 1. The van der Waals surface area contributed by atoms with Gasteiger partial charge in [0.25, 0.3) is 5.91 Å². The predicted octanol–water partition coefficient (Wildman–Crippen LogP) is 2.78. The van der Waals surface area contributed by atoms with Gasteiger partial charge in [0.1, 0.15) is 0 Å². The summed E-state index contributed by atoms with van der Waals surface area (Å²) in [5.41, 5.74) is 1.99. The van der Waals surface area contributed by atoms with E-state index in [0.29, 0.717) is 24.4 Å². The number of carbonyl (C=O) groups excluding carboxylic acids is 3. The minimum atomic E-state index is -1.06. The van der Waals surface area contributed by atoms with Crippen molar-refractivity contribution in [2.24, 2.45) is 10.9 Å². The molecule has 1 atom stereocenters. The zero-order chi connectivity index (χ0) is 20.7. The summed E-state index contributed by atoms with van der Waals surface area (Å²) >= 11 is 0. The summed E-state index contributed by atoms with van der Waals surface area (Å²) < 4.78 is 0. The molecule has 2 rings (SSSR count). The largest absolute Gasteiger partial charge is 0.335 e. The molecule has 1 N–H and O–H groups in total. The van der Waals surface area contributed by atoms with Crippen molar-refractivity contribution < 1.29 is 14.4 Å². The Morgan fingerprint density at radius 3 is 2.32 bits per heavy atom. The molecule has 1 aliphatic rings. The van der Waals surface area contributed by atoms with Gasteiger partial charge in [-0.05, 0) is 51.5 Å². The number of nitrogens with zero attached hydrogens (tertiary/aromatic N) is 3. The Kier molecular flexibility index (Phi) is 7.87. The monoisotopic (exact) mass is 386 g/mol. The second kappa shape index (κ2) is 10.1. The molecule has 1 fully saturated rings. The lowest BCUT2D eigenvalue weighted by atomic mass is 9.96. The maximum atomic E-state index is 13.0. The van der Waals surface area contributed by atoms with Crippen LogP contribution in [0, 0.1) is 12.8 Å². The lowest BCUT2D eigenvalue weighted by molar-refractivity contribution is -0.131. The summed E-state index contributed by atoms with van der Waals surface area (Å²) in [5.74, 6) is -2.19. The highest BCUT2D eigenvalue weighted by atomic mass is 16.2. The Labute approximate surface area is 166 Å². The van der Waals surface area contributed by atoms with Crippen molar-refractivity contribution in [3.05, 3.63) is 29.8 Å². The first-order chi connectivity index (χ1) is 13.4. The van der Waals surface area contributed by atoms with Crippen LogP contribution in [-0.4, -0.2) is 54.6 Å². The van der Waals surface area contributed by atoms with Gasteiger partial charge < -0.3 is 4.90 Å². The second-order valence-electron chi connectivity index (χ2n) is 6.84. The number of nitrogens with one attached hydrogen (secondary N) is 1. The first kappa shape index (κ1) is 21.8. The van der Waals surface area contributed by atoms with E-state index in [9.17, 15) is 14.4 Å². The third-order valence-corrected chi connectivity index (χ3v) is 4.99. The SMILES string of the molecule is CCC(=NCCCN(CC)CC)C1C(=O)NC(=O)N(c2ccc(C)cc2)C1=O. The fraction of sp³-hybridized carbons (Fsp3) is 0.524. The molecule has 0 aliphatic carbocycles. The van der Waals surface area contributed by atoms with E-state index in [-0.39, 0.29) is 0 Å². The highest BCUT2D eigenvalue weighted by Gasteiger charge is 2.43. The highest BCUT2D eigenvalue weighted by Crippen LogP contribution is 2.22. The van der Waals surface area contributed by atoms with Crippen molar-refractivity contribution in [1.82, 2.24) is 10.2 Å². The van der Waals surface area contributed by atoms with E-state index in [0.717, 1.165) is 36.5 Å². The van der Waals surface area contributed by atoms with Crippen molar-refractivity contribution in [1.29, 1.82) is 0 Å². The third-order valence-electron chi connectivity index (χ3n) is 4.99. The van der Waals surface area contributed by atoms with E-state index in [1.54, 1.807) is 12.1 Å². The molecular formula is C21H30N4O3. The van der Waals surface area contributed by atoms with Crippen LogP contribution < -0.4 is 10.2 Å². The number of urea groups is 1. The van der Waals surface area contributed by atoms with Crippen LogP contribution in [0.3, 0.4) is 0 Å². The fourth-order valence-electron chi connectivity index (χ4n) is 3.27. The number of benzene rings is 1. The summed E-state index contributed by atoms with van der Waals surface area (Å²) in [4.78, 5) is 45.6. The molecule has 1 heterocycles. The molecule has 0 saturated carbocycles. The maximum absolute atomic E-state index is 13.0. The van der Waals surface area contributed by atoms with Gasteiger partial charge >= 0.3 is 6.03 Å². The normalized spacial score (nSPS) is 18.0. The van der Waals surface area contributed by atoms with Crippen molar-refractivity contribution in [2.75, 3.05) is 31.1 Å². The maximum Gasteiger partial charge on any atom is 0.335 e. The first-order valence-electron chi connectivity index (χ1n) is 9.93. The van der Waals surface area contributed by atoms with E-state index >= 15 is 0 Å². The molecule has 28 heavy (non-hydrogen) atoms. The topological polar surface area (TPSA) is 82.1 Å². The first-order valence-corrected chi connectivity index (χ1v) is 9.93. The van der Waals surface area contributed by atoms with Crippen LogP contribution in [0.25, 0.3) is 0 Å². The van der Waals surface area contributed by atoms with Crippen LogP contribution in [0.5, 0.6) is 0 Å². The lowest BCUT2D eigenvalue weighted by Gasteiger charge is -2.30. The van der Waals surface area contributed by atoms with Gasteiger partial charge in [0.2, 0.25) is 5.91 Å². The van der Waals surface area contributed by atoms with Gasteiger partial charge in [-0.15, -0.1) is 0 Å². The van der Waals surface area contributed by atoms with E-state index in [4.69, 9.17) is 0 Å². The average molecular weight is 386 g/mol. The number of imide groups is 2. The molecule has 4 amide bonds. The van der Waals surface area contributed by atoms with Crippen molar-refractivity contribution in [3.63, 3.8) is 0 Å². The number of amides is 4. The van der Waals surface area contributed by atoms with Gasteiger partial charge in [0, 0.05) is 12.3 Å². The summed E-state index contributed by atoms with van der Waals surface area (Å²) in [6, 6.07) is 6.33. The predicted molar refractivity (Wildman–Crippen MR) is 111 cm³/mol. The number of barbiturate groups is 1. The van der Waals surface area contributed by atoms with Crippen molar-refractivity contribution in [2.45, 2.75) is 40.5 Å². The molecule has 0 spiro atoms. The highest BCUT2D eigenvalue weighted by molar-refractivity contribution is 6.35. The van der Waals surface area contributed by atoms with Gasteiger partial charge in [-0.3, -0.25) is 19.9 Å². The smallest absolute Gasteiger partial charge is 0.304 e. The number of rotatable bonds is 9. The van der Waals surface area contributed by atoms with Gasteiger partial charge in [0.05, 0.1) is 5.69 Å². The molecular weight excluding hydrogens is 356 g/mol. The van der Waals surface area contributed by atoms with Gasteiger partial charge in [-0.25, -0.2) is 9.69 Å². The van der Waals surface area contributed by atoms with E-state index in [2.05, 4.69) is 29.1 Å². The van der Waals surface area contributed by atoms with E-state index in [1.807, 2.05) is 26.0 Å². The molecule has 7 heteroatoms. The van der Waals surface area contributed by atoms with E-state index in [1.165, 1.54) is 0 Å². The summed E-state index contributed by atoms with van der Waals surface area (Å²) in [7, 11) is 0. The molecule has 1 unspecified atom stereocenters. The van der Waals surface area contributed by atoms with Crippen LogP contribution in [0.2, 0.25) is 0 Å². The zero-order valence-corrected chi connectivity index (χ0v) is 17.2. The van der Waals surface area contributed by atoms with Crippen LogP contribution >= 0.6 is 0 Å². The number of aliphatic imine (C=N–C) groups is 1. The van der Waals surface area contributed by atoms with Gasteiger partial charge in [0.15, 0.2) is 5.92 Å². The molecule has 1 aliphatic heterocycles. The third kappa shape index (κ3) is 5.04. The minimum Gasteiger partial charge on any atom is -0.304 e. The van der Waals surface area contributed by atoms with E-state index < -0.39 is 23.8 Å². The Bertz CT molecular complexity index is 739. The molecule has 0 aromatic heterocycles. The number of aryl methyl sites for hydroxylation is 1. The van der Waals surface area contributed by atoms with Crippen molar-refractivity contribution >= 4 is 29.2 Å². The Morgan fingerprint density at radius 2 is 1.75 bits per heavy atom. The zero-order valence-electron chi connectivity index (χ0n) is 17.2. The van der Waals surface area contributed by atoms with Crippen molar-refractivity contribution in [3.8, 4) is 0 Å². The molecule has 152 valence electrons. The van der Waals surface area contributed by atoms with Crippen LogP contribution in [-0.2, 0) is 9.59 Å². The standard InChI is InChI=1S/C21H30N4O3/c1-5-17(22-13-8-14-24(6-2)7-3)18-19(26)23-21(28)25(20(18)27)16-11-9-15(4)10-12-16/h9-12,18H,5-8,13-14H2,1-4H3,(H,23,26,28). The fourth-order valence-corrected chi connectivity index (χ4v) is 3.27. The molecule has 0 radical (unpaired) electrons. The van der Waals surface area contributed by atoms with Crippen LogP contribution in [0.4, 0.5) is 10.5 Å². The molecule has 1 saturated heterocycles. The number of hydrogen-bond acceptors (Lipinski definition) is 5. The Balaban J connectivity index is 2.17. The Morgan fingerprint density at radius 1 is 1.11 bits per heavy atom. The lowest BCUT2D eigenvalue weighted by Crippen LogP contribution is -2.60. The van der Waals surface area contributed by atoms with Crippen LogP contribution in [0.15, 0.2) is 29.3 Å². The summed E-state index contributed by atoms with van der Waals surface area (Å²) in [5, 5.41) is 2.30. The number of hydrogen-bond donors (Lipinski definition) is 1. The quantitative estimate of drug-likeness (QED) is 0.402. The van der Waals surface area contributed by atoms with Crippen LogP contribution in [0.1, 0.15) is 39.2 Å². The summed E-state index contributed by atoms with van der Waals surface area (Å²) in [6.07, 6.45) is 1.33. The molecule has 1 aromatic carbocycles. The average Bonchev–Trinajstić information content (AvgIpc) is 2.67. The molecule has 7 nitrogen and oxygen atoms in total. The minimum absolute atomic E-state index is 0.447. The Hall–Kier alpha value is -2.54. The summed E-state index contributed by atoms with van der Waals surface area (Å²) in [6.45, 7) is 11.5. The second-order valence-corrected chi connectivity index (χ2v) is 6.84. The van der Waals surface area contributed by atoms with Gasteiger partial charge in [-0.2, -0.15) is 0 Å². The molecule has 0 bridgehead atoms. The molecule has 1 aromatic rings. The van der Waals surface area contributed by atoms with Gasteiger partial charge in [-0.1, -0.05) is 38.5 Å².